The van der Waals surface area contributed by atoms with E-state index in [2.05, 4.69) is 45.9 Å². The van der Waals surface area contributed by atoms with Gasteiger partial charge in [-0.05, 0) is 73.6 Å². The van der Waals surface area contributed by atoms with Gasteiger partial charge in [0, 0.05) is 0 Å². The molecule has 0 saturated heterocycles. The van der Waals surface area contributed by atoms with E-state index in [4.69, 9.17) is 0 Å². The molecule has 20 heavy (non-hydrogen) atoms. The number of hydrogen-bond donors (Lipinski definition) is 0. The van der Waals surface area contributed by atoms with E-state index in [1.54, 1.807) is 16.7 Å². The van der Waals surface area contributed by atoms with Gasteiger partial charge in [0.05, 0.1) is 0 Å². The Bertz CT molecular complexity index is 473. The summed E-state index contributed by atoms with van der Waals surface area (Å²) < 4.78 is 0. The summed E-state index contributed by atoms with van der Waals surface area (Å²) in [5.74, 6) is 0.699. The van der Waals surface area contributed by atoms with E-state index in [-0.39, 0.29) is 0 Å². The van der Waals surface area contributed by atoms with E-state index in [9.17, 15) is 0 Å². The van der Waals surface area contributed by atoms with E-state index in [1.165, 1.54) is 56.1 Å². The van der Waals surface area contributed by atoms with Crippen molar-refractivity contribution in [3.05, 3.63) is 40.5 Å². The molecule has 0 amide bonds. The third kappa shape index (κ3) is 3.34. The highest BCUT2D eigenvalue weighted by Gasteiger charge is 2.21. The summed E-state index contributed by atoms with van der Waals surface area (Å²) in [4.78, 5) is 0. The Morgan fingerprint density at radius 3 is 2.50 bits per heavy atom. The molecular weight excluding hydrogens is 240 g/mol. The highest BCUT2D eigenvalue weighted by atomic mass is 14.3. The lowest BCUT2D eigenvalue weighted by atomic mass is 9.78. The maximum Gasteiger partial charge on any atom is -0.0187 e. The molecule has 0 bridgehead atoms. The van der Waals surface area contributed by atoms with Crippen LogP contribution in [0.4, 0.5) is 0 Å². The first-order chi connectivity index (χ1) is 9.67. The van der Waals surface area contributed by atoms with Crippen molar-refractivity contribution in [3.8, 4) is 0 Å². The molecule has 110 valence electrons. The van der Waals surface area contributed by atoms with Crippen molar-refractivity contribution >= 4 is 5.57 Å². The Morgan fingerprint density at radius 2 is 1.95 bits per heavy atom. The standard InChI is InChI=1S/C20H30/c1-5-7-9-17-13-12-16(4)19(14-17)20(15(3)6-2)18-10-8-11-18/h12-15H,5-11H2,1-4H3. The van der Waals surface area contributed by atoms with Crippen LogP contribution >= 0.6 is 0 Å². The third-order valence-electron chi connectivity index (χ3n) is 4.85. The molecule has 1 aliphatic rings. The predicted octanol–water partition coefficient (Wildman–Crippen LogP) is 6.32. The van der Waals surface area contributed by atoms with Crippen molar-refractivity contribution in [3.63, 3.8) is 0 Å². The molecule has 0 nitrogen and oxygen atoms in total. The lowest BCUT2D eigenvalue weighted by molar-refractivity contribution is 0.633. The van der Waals surface area contributed by atoms with E-state index in [1.807, 2.05) is 0 Å². The van der Waals surface area contributed by atoms with Gasteiger partial charge >= 0.3 is 0 Å². The fourth-order valence-corrected chi connectivity index (χ4v) is 3.13. The van der Waals surface area contributed by atoms with Crippen LogP contribution < -0.4 is 0 Å². The summed E-state index contributed by atoms with van der Waals surface area (Å²) in [5.41, 5.74) is 7.93. The minimum atomic E-state index is 0.699. The summed E-state index contributed by atoms with van der Waals surface area (Å²) in [5, 5.41) is 0. The lowest BCUT2D eigenvalue weighted by Crippen LogP contribution is -2.09. The normalized spacial score (nSPS) is 15.9. The van der Waals surface area contributed by atoms with Gasteiger partial charge in [0.25, 0.3) is 0 Å². The van der Waals surface area contributed by atoms with E-state index < -0.39 is 0 Å². The van der Waals surface area contributed by atoms with Gasteiger partial charge in [-0.25, -0.2) is 0 Å². The Morgan fingerprint density at radius 1 is 1.20 bits per heavy atom. The van der Waals surface area contributed by atoms with Crippen LogP contribution in [0.5, 0.6) is 0 Å². The van der Waals surface area contributed by atoms with Crippen LogP contribution in [-0.4, -0.2) is 0 Å². The van der Waals surface area contributed by atoms with Crippen molar-refractivity contribution in [2.45, 2.75) is 72.6 Å². The molecule has 0 heterocycles. The zero-order chi connectivity index (χ0) is 14.5. The van der Waals surface area contributed by atoms with Gasteiger partial charge in [0.2, 0.25) is 0 Å². The minimum Gasteiger partial charge on any atom is -0.0661 e. The molecule has 0 N–H and O–H groups in total. The average Bonchev–Trinajstić information content (AvgIpc) is 2.41. The van der Waals surface area contributed by atoms with E-state index >= 15 is 0 Å². The zero-order valence-electron chi connectivity index (χ0n) is 13.8. The molecule has 0 aliphatic heterocycles. The first-order valence-electron chi connectivity index (χ1n) is 8.49. The molecule has 0 spiro atoms. The van der Waals surface area contributed by atoms with Gasteiger partial charge in [-0.3, -0.25) is 0 Å². The van der Waals surface area contributed by atoms with Crippen LogP contribution in [0.2, 0.25) is 0 Å². The molecule has 1 unspecified atom stereocenters. The number of unbranched alkanes of at least 4 members (excludes halogenated alkanes) is 1. The Labute approximate surface area is 125 Å². The van der Waals surface area contributed by atoms with Crippen LogP contribution in [0, 0.1) is 12.8 Å². The van der Waals surface area contributed by atoms with Crippen molar-refractivity contribution in [1.82, 2.24) is 0 Å². The third-order valence-corrected chi connectivity index (χ3v) is 4.85. The van der Waals surface area contributed by atoms with Crippen molar-refractivity contribution in [2.24, 2.45) is 5.92 Å². The Kier molecular flexibility index (Phi) is 5.46. The molecule has 1 atom stereocenters. The SMILES string of the molecule is CCCCc1ccc(C)c(C(=C2CCC2)C(C)CC)c1. The smallest absolute Gasteiger partial charge is 0.0187 e. The molecule has 0 heteroatoms. The molecular formula is C20H30. The fraction of sp³-hybridized carbons (Fsp3) is 0.600. The summed E-state index contributed by atoms with van der Waals surface area (Å²) >= 11 is 0. The lowest BCUT2D eigenvalue weighted by Gasteiger charge is -2.27. The fourth-order valence-electron chi connectivity index (χ4n) is 3.13. The second kappa shape index (κ2) is 7.11. The highest BCUT2D eigenvalue weighted by Crippen LogP contribution is 2.40. The second-order valence-electron chi connectivity index (χ2n) is 6.43. The van der Waals surface area contributed by atoms with Gasteiger partial charge in [0.15, 0.2) is 0 Å². The monoisotopic (exact) mass is 270 g/mol. The molecule has 0 aromatic heterocycles. The molecule has 1 fully saturated rings. The number of aryl methyl sites for hydroxylation is 2. The average molecular weight is 270 g/mol. The second-order valence-corrected chi connectivity index (χ2v) is 6.43. The number of allylic oxidation sites excluding steroid dienone is 2. The summed E-state index contributed by atoms with van der Waals surface area (Å²) in [6.45, 7) is 9.27. The maximum absolute atomic E-state index is 2.48. The van der Waals surface area contributed by atoms with Gasteiger partial charge in [0.1, 0.15) is 0 Å². The summed E-state index contributed by atoms with van der Waals surface area (Å²) in [6.07, 6.45) is 9.12. The summed E-state index contributed by atoms with van der Waals surface area (Å²) in [6, 6.07) is 7.15. The number of rotatable bonds is 6. The molecule has 1 aliphatic carbocycles. The van der Waals surface area contributed by atoms with E-state index in [0.29, 0.717) is 5.92 Å². The van der Waals surface area contributed by atoms with Crippen LogP contribution in [0.15, 0.2) is 23.8 Å². The van der Waals surface area contributed by atoms with E-state index in [0.717, 1.165) is 0 Å². The highest BCUT2D eigenvalue weighted by molar-refractivity contribution is 5.73. The number of benzene rings is 1. The molecule has 1 aromatic rings. The van der Waals surface area contributed by atoms with Crippen molar-refractivity contribution in [2.75, 3.05) is 0 Å². The quantitative estimate of drug-likeness (QED) is 0.567. The molecule has 0 radical (unpaired) electrons. The van der Waals surface area contributed by atoms with Gasteiger partial charge < -0.3 is 0 Å². The van der Waals surface area contributed by atoms with Crippen LogP contribution in [0.1, 0.15) is 76.0 Å². The van der Waals surface area contributed by atoms with Crippen LogP contribution in [0.25, 0.3) is 5.57 Å². The first kappa shape index (κ1) is 15.4. The van der Waals surface area contributed by atoms with Crippen LogP contribution in [-0.2, 0) is 6.42 Å². The van der Waals surface area contributed by atoms with Crippen LogP contribution in [0.3, 0.4) is 0 Å². The zero-order valence-corrected chi connectivity index (χ0v) is 13.8. The maximum atomic E-state index is 2.48. The van der Waals surface area contributed by atoms with Crippen molar-refractivity contribution < 1.29 is 0 Å². The topological polar surface area (TPSA) is 0 Å². The number of hydrogen-bond acceptors (Lipinski definition) is 0. The van der Waals surface area contributed by atoms with Crippen molar-refractivity contribution in [1.29, 1.82) is 0 Å². The minimum absolute atomic E-state index is 0.699. The Hall–Kier alpha value is -1.04. The molecule has 1 saturated carbocycles. The molecule has 2 rings (SSSR count). The van der Waals surface area contributed by atoms with Gasteiger partial charge in [-0.1, -0.05) is 51.0 Å². The summed E-state index contributed by atoms with van der Waals surface area (Å²) in [7, 11) is 0. The van der Waals surface area contributed by atoms with Gasteiger partial charge in [-0.15, -0.1) is 0 Å². The first-order valence-corrected chi connectivity index (χ1v) is 8.49. The molecule has 1 aromatic carbocycles. The van der Waals surface area contributed by atoms with Gasteiger partial charge in [-0.2, -0.15) is 0 Å². The largest absolute Gasteiger partial charge is 0.0661 e. The Balaban J connectivity index is 2.37. The predicted molar refractivity (Wildman–Crippen MR) is 90.0 cm³/mol.